The Labute approximate surface area is 152 Å². The zero-order chi connectivity index (χ0) is 18.7. The third-order valence-electron chi connectivity index (χ3n) is 4.87. The van der Waals surface area contributed by atoms with Gasteiger partial charge in [-0.25, -0.2) is 4.98 Å². The van der Waals surface area contributed by atoms with Gasteiger partial charge in [0.1, 0.15) is 24.1 Å². The maximum Gasteiger partial charge on any atom is 0.220 e. The highest BCUT2D eigenvalue weighted by molar-refractivity contribution is 5.76. The minimum Gasteiger partial charge on any atom is -0.394 e. The lowest BCUT2D eigenvalue weighted by molar-refractivity contribution is -0.125. The molecule has 2 unspecified atom stereocenters. The van der Waals surface area contributed by atoms with Gasteiger partial charge in [0.2, 0.25) is 5.91 Å². The van der Waals surface area contributed by atoms with E-state index in [9.17, 15) is 20.1 Å². The van der Waals surface area contributed by atoms with Gasteiger partial charge in [-0.05, 0) is 18.4 Å². The first-order valence-corrected chi connectivity index (χ1v) is 8.93. The highest BCUT2D eigenvalue weighted by Crippen LogP contribution is 2.32. The van der Waals surface area contributed by atoms with Crippen molar-refractivity contribution in [3.8, 4) is 0 Å². The lowest BCUT2D eigenvalue weighted by Crippen LogP contribution is -2.51. The van der Waals surface area contributed by atoms with Crippen molar-refractivity contribution in [1.82, 2.24) is 14.9 Å². The van der Waals surface area contributed by atoms with Crippen LogP contribution < -0.4 is 5.32 Å². The van der Waals surface area contributed by atoms with E-state index >= 15 is 0 Å². The fourth-order valence-corrected chi connectivity index (χ4v) is 3.36. The molecule has 0 saturated carbocycles. The Morgan fingerprint density at radius 3 is 2.58 bits per heavy atom. The first-order valence-electron chi connectivity index (χ1n) is 8.93. The van der Waals surface area contributed by atoms with Gasteiger partial charge in [-0.3, -0.25) is 4.79 Å². The minimum atomic E-state index is -1.22. The Bertz CT molecular complexity index is 746. The number of benzene rings is 1. The first kappa shape index (κ1) is 18.6. The molecule has 0 aliphatic carbocycles. The van der Waals surface area contributed by atoms with E-state index in [0.717, 1.165) is 12.1 Å². The van der Waals surface area contributed by atoms with Crippen LogP contribution in [0.2, 0.25) is 0 Å². The van der Waals surface area contributed by atoms with E-state index < -0.39 is 24.3 Å². The molecule has 4 atom stereocenters. The summed E-state index contributed by atoms with van der Waals surface area (Å²) in [5.74, 6) is 0.232. The van der Waals surface area contributed by atoms with Crippen molar-refractivity contribution in [1.29, 1.82) is 0 Å². The fourth-order valence-electron chi connectivity index (χ4n) is 3.36. The normalized spacial score (nSPS) is 24.9. The van der Waals surface area contributed by atoms with E-state index in [2.05, 4.69) is 10.3 Å². The average molecular weight is 359 g/mol. The van der Waals surface area contributed by atoms with Gasteiger partial charge in [-0.2, -0.15) is 0 Å². The monoisotopic (exact) mass is 359 g/mol. The predicted molar refractivity (Wildman–Crippen MR) is 95.4 cm³/mol. The van der Waals surface area contributed by atoms with E-state index in [-0.39, 0.29) is 18.9 Å². The van der Waals surface area contributed by atoms with Gasteiger partial charge < -0.3 is 25.2 Å². The molecule has 1 aliphatic rings. The van der Waals surface area contributed by atoms with Crippen molar-refractivity contribution < 1.29 is 20.1 Å². The summed E-state index contributed by atoms with van der Waals surface area (Å²) < 4.78 is 1.68. The predicted octanol–water partition coefficient (Wildman–Crippen LogP) is 0.504. The number of carbonyl (C=O) groups is 1. The van der Waals surface area contributed by atoms with Gasteiger partial charge in [-0.15, -0.1) is 0 Å². The molecule has 1 aliphatic heterocycles. The molecule has 0 saturated heterocycles. The second kappa shape index (κ2) is 7.99. The van der Waals surface area contributed by atoms with Gasteiger partial charge in [0.15, 0.2) is 0 Å². The molecule has 2 aromatic rings. The zero-order valence-corrected chi connectivity index (χ0v) is 14.7. The van der Waals surface area contributed by atoms with Crippen LogP contribution in [0.5, 0.6) is 0 Å². The Morgan fingerprint density at radius 2 is 1.92 bits per heavy atom. The molecule has 0 radical (unpaired) electrons. The summed E-state index contributed by atoms with van der Waals surface area (Å²) in [4.78, 5) is 16.4. The number of amides is 1. The van der Waals surface area contributed by atoms with Gasteiger partial charge in [0.05, 0.1) is 18.3 Å². The quantitative estimate of drug-likeness (QED) is 0.601. The number of imidazole rings is 1. The Hall–Kier alpha value is -2.22. The number of rotatable bonds is 6. The molecule has 26 heavy (non-hydrogen) atoms. The van der Waals surface area contributed by atoms with Crippen molar-refractivity contribution in [2.75, 3.05) is 6.61 Å². The molecule has 1 aromatic carbocycles. The molecule has 0 spiro atoms. The minimum absolute atomic E-state index is 0.232. The van der Waals surface area contributed by atoms with Crippen LogP contribution in [0.4, 0.5) is 0 Å². The largest absolute Gasteiger partial charge is 0.394 e. The second-order valence-electron chi connectivity index (χ2n) is 6.61. The molecular formula is C19H25N3O4. The standard InChI is InChI=1S/C19H25N3O4/c1-2-15(24)21-16-18(26)17(25)14(11-23)22-10-13(20-19(16)22)9-8-12-6-4-3-5-7-12/h3-7,10,14,16-18,23,25-26H,2,8-9,11H2,1H3,(H,21,24)/t14?,16-,17+,18?/m0/s1. The van der Waals surface area contributed by atoms with Crippen molar-refractivity contribution in [3.63, 3.8) is 0 Å². The number of hydrogen-bond acceptors (Lipinski definition) is 5. The van der Waals surface area contributed by atoms with Gasteiger partial charge >= 0.3 is 0 Å². The molecule has 3 rings (SSSR count). The van der Waals surface area contributed by atoms with E-state index in [1.165, 1.54) is 5.56 Å². The van der Waals surface area contributed by atoms with Gasteiger partial charge in [-0.1, -0.05) is 37.3 Å². The summed E-state index contributed by atoms with van der Waals surface area (Å²) in [6.45, 7) is 1.39. The zero-order valence-electron chi connectivity index (χ0n) is 14.7. The summed E-state index contributed by atoms with van der Waals surface area (Å²) in [6.07, 6.45) is 1.13. The number of carbonyl (C=O) groups excluding carboxylic acids is 1. The molecule has 7 heteroatoms. The van der Waals surface area contributed by atoms with Crippen LogP contribution in [0.1, 0.15) is 42.5 Å². The summed E-state index contributed by atoms with van der Waals surface area (Å²) >= 11 is 0. The Balaban J connectivity index is 1.86. The van der Waals surface area contributed by atoms with Crippen LogP contribution in [0.15, 0.2) is 36.5 Å². The maximum atomic E-state index is 11.8. The third-order valence-corrected chi connectivity index (χ3v) is 4.87. The summed E-state index contributed by atoms with van der Waals surface area (Å²) in [5.41, 5.74) is 1.98. The van der Waals surface area contributed by atoms with Crippen LogP contribution in [-0.2, 0) is 17.6 Å². The smallest absolute Gasteiger partial charge is 0.220 e. The van der Waals surface area contributed by atoms with Crippen molar-refractivity contribution in [2.24, 2.45) is 0 Å². The number of aliphatic hydroxyl groups is 3. The van der Waals surface area contributed by atoms with Crippen molar-refractivity contribution in [3.05, 3.63) is 53.6 Å². The number of nitrogens with one attached hydrogen (secondary N) is 1. The molecule has 140 valence electrons. The summed E-state index contributed by atoms with van der Waals surface area (Å²) in [6, 6.07) is 8.54. The molecule has 1 amide bonds. The van der Waals surface area contributed by atoms with Gasteiger partial charge in [0, 0.05) is 12.6 Å². The topological polar surface area (TPSA) is 108 Å². The lowest BCUT2D eigenvalue weighted by atomic mass is 9.94. The van der Waals surface area contributed by atoms with E-state index in [1.807, 2.05) is 30.3 Å². The van der Waals surface area contributed by atoms with E-state index in [4.69, 9.17) is 0 Å². The molecule has 0 bridgehead atoms. The third kappa shape index (κ3) is 3.65. The lowest BCUT2D eigenvalue weighted by Gasteiger charge is -2.38. The summed E-state index contributed by atoms with van der Waals surface area (Å²) in [7, 11) is 0. The first-order chi connectivity index (χ1) is 12.5. The summed E-state index contributed by atoms with van der Waals surface area (Å²) in [5, 5.41) is 33.1. The average Bonchev–Trinajstić information content (AvgIpc) is 3.08. The number of hydrogen-bond donors (Lipinski definition) is 4. The number of fused-ring (bicyclic) bond motifs is 1. The van der Waals surface area contributed by atoms with Crippen LogP contribution in [0.25, 0.3) is 0 Å². The molecule has 1 aromatic heterocycles. The van der Waals surface area contributed by atoms with Crippen LogP contribution in [0, 0.1) is 0 Å². The second-order valence-corrected chi connectivity index (χ2v) is 6.61. The van der Waals surface area contributed by atoms with Crippen LogP contribution in [-0.4, -0.2) is 49.6 Å². The number of aromatic nitrogens is 2. The highest BCUT2D eigenvalue weighted by Gasteiger charge is 2.42. The van der Waals surface area contributed by atoms with E-state index in [0.29, 0.717) is 12.2 Å². The van der Waals surface area contributed by atoms with Crippen molar-refractivity contribution >= 4 is 5.91 Å². The molecule has 7 nitrogen and oxygen atoms in total. The van der Waals surface area contributed by atoms with Crippen LogP contribution in [0.3, 0.4) is 0 Å². The number of aryl methyl sites for hydroxylation is 2. The Kier molecular flexibility index (Phi) is 5.70. The van der Waals surface area contributed by atoms with Gasteiger partial charge in [0.25, 0.3) is 0 Å². The molecule has 4 N–H and O–H groups in total. The molecule has 0 fully saturated rings. The van der Waals surface area contributed by atoms with E-state index in [1.54, 1.807) is 17.7 Å². The molecular weight excluding hydrogens is 334 g/mol. The maximum absolute atomic E-state index is 11.8. The number of nitrogens with zero attached hydrogens (tertiary/aromatic N) is 2. The van der Waals surface area contributed by atoms with Crippen molar-refractivity contribution in [2.45, 2.75) is 50.5 Å². The SMILES string of the molecule is CCC(=O)N[C@@H]1c2nc(CCc3ccccc3)cn2C(CO)[C@@H](O)C1O. The molecule has 2 heterocycles. The van der Waals surface area contributed by atoms with Crippen LogP contribution >= 0.6 is 0 Å². The Morgan fingerprint density at radius 1 is 1.19 bits per heavy atom. The highest BCUT2D eigenvalue weighted by atomic mass is 16.3. The fraction of sp³-hybridized carbons (Fsp3) is 0.474. The number of aliphatic hydroxyl groups excluding tert-OH is 3.